The van der Waals surface area contributed by atoms with E-state index in [9.17, 15) is 0 Å². The minimum Gasteiger partial charge on any atom is -0.501 e. The molecule has 36 heavy (non-hydrogen) atoms. The number of para-hydroxylation sites is 3. The number of aromatic amines is 1. The largest absolute Gasteiger partial charge is 0.788 e. The summed E-state index contributed by atoms with van der Waals surface area (Å²) in [6.07, 6.45) is -0.312. The molecule has 1 heterocycles. The van der Waals surface area contributed by atoms with Crippen LogP contribution in [0.1, 0.15) is 17.2 Å². The number of aromatic nitrogens is 1. The van der Waals surface area contributed by atoms with Gasteiger partial charge >= 0.3 is 7.32 Å². The van der Waals surface area contributed by atoms with Crippen molar-refractivity contribution >= 4 is 29.1 Å². The third-order valence-corrected chi connectivity index (χ3v) is 6.73. The summed E-state index contributed by atoms with van der Waals surface area (Å²) in [7, 11) is -0.978. The van der Waals surface area contributed by atoms with E-state index in [1.54, 1.807) is 0 Å². The molecule has 0 saturated carbocycles. The van der Waals surface area contributed by atoms with Gasteiger partial charge in [-0.2, -0.15) is 0 Å². The first-order valence-corrected chi connectivity index (χ1v) is 12.1. The molecule has 172 valence electrons. The zero-order valence-electron chi connectivity index (χ0n) is 19.4. The third-order valence-electron chi connectivity index (χ3n) is 6.73. The topological polar surface area (TPSA) is 43.5 Å². The Morgan fingerprint density at radius 2 is 1.19 bits per heavy atom. The van der Waals surface area contributed by atoms with Gasteiger partial charge in [-0.05, 0) is 46.5 Å². The monoisotopic (exact) mass is 467 g/mol. The highest BCUT2D eigenvalue weighted by Gasteiger charge is 2.38. The van der Waals surface area contributed by atoms with E-state index in [0.29, 0.717) is 11.5 Å². The summed E-state index contributed by atoms with van der Waals surface area (Å²) in [5.41, 5.74) is 6.53. The lowest BCUT2D eigenvalue weighted by Crippen LogP contribution is -2.35. The Labute approximate surface area is 209 Å². The Hall–Kier alpha value is -4.48. The van der Waals surface area contributed by atoms with Crippen molar-refractivity contribution in [1.82, 2.24) is 4.98 Å². The van der Waals surface area contributed by atoms with E-state index in [4.69, 9.17) is 14.0 Å². The van der Waals surface area contributed by atoms with Crippen LogP contribution in [0.2, 0.25) is 0 Å². The Kier molecular flexibility index (Phi) is 5.00. The zero-order valence-corrected chi connectivity index (χ0v) is 19.4. The van der Waals surface area contributed by atoms with Crippen LogP contribution in [0.15, 0.2) is 121 Å². The summed E-state index contributed by atoms with van der Waals surface area (Å²) < 4.78 is 19.4. The quantitative estimate of drug-likeness (QED) is 0.257. The fraction of sp³-hybridized carbons (Fsp3) is 0.0323. The van der Waals surface area contributed by atoms with Crippen molar-refractivity contribution in [2.24, 2.45) is 0 Å². The minimum atomic E-state index is -0.978. The summed E-state index contributed by atoms with van der Waals surface area (Å²) in [4.78, 5) is 3.50. The second kappa shape index (κ2) is 8.63. The maximum Gasteiger partial charge on any atom is 0.788 e. The highest BCUT2D eigenvalue weighted by Crippen LogP contribution is 2.45. The lowest BCUT2D eigenvalue weighted by atomic mass is 10.1. The van der Waals surface area contributed by atoms with Gasteiger partial charge in [-0.1, -0.05) is 97.1 Å². The molecule has 1 aliphatic rings. The van der Waals surface area contributed by atoms with Crippen LogP contribution in [0.3, 0.4) is 0 Å². The molecule has 1 aromatic heterocycles. The minimum absolute atomic E-state index is 0.312. The molecule has 1 aliphatic carbocycles. The number of hydrogen-bond acceptors (Lipinski definition) is 3. The third kappa shape index (κ3) is 3.53. The van der Waals surface area contributed by atoms with Crippen LogP contribution < -0.4 is 9.31 Å². The van der Waals surface area contributed by atoms with Gasteiger partial charge in [0.15, 0.2) is 0 Å². The molecule has 0 saturated heterocycles. The van der Waals surface area contributed by atoms with Crippen molar-refractivity contribution in [2.45, 2.75) is 6.10 Å². The predicted molar refractivity (Wildman–Crippen MR) is 144 cm³/mol. The Morgan fingerprint density at radius 3 is 1.97 bits per heavy atom. The van der Waals surface area contributed by atoms with Crippen molar-refractivity contribution in [2.75, 3.05) is 0 Å². The lowest BCUT2D eigenvalue weighted by molar-refractivity contribution is 0.159. The van der Waals surface area contributed by atoms with Crippen LogP contribution >= 0.6 is 0 Å². The number of benzene rings is 5. The normalized spacial score (nSPS) is 12.4. The molecule has 0 spiro atoms. The highest BCUT2D eigenvalue weighted by atomic mass is 16.7. The van der Waals surface area contributed by atoms with Crippen LogP contribution in [0.4, 0.5) is 0 Å². The highest BCUT2D eigenvalue weighted by molar-refractivity contribution is 6.39. The molecular formula is C31H22BNO3. The number of rotatable bonds is 6. The van der Waals surface area contributed by atoms with E-state index in [0.717, 1.165) is 32.9 Å². The van der Waals surface area contributed by atoms with Gasteiger partial charge in [0, 0.05) is 16.3 Å². The smallest absolute Gasteiger partial charge is 0.501 e. The first kappa shape index (κ1) is 20.9. The van der Waals surface area contributed by atoms with Crippen molar-refractivity contribution in [1.29, 1.82) is 0 Å². The molecule has 0 aliphatic heterocycles. The van der Waals surface area contributed by atoms with E-state index in [2.05, 4.69) is 59.6 Å². The van der Waals surface area contributed by atoms with Gasteiger partial charge in [-0.25, -0.2) is 0 Å². The van der Waals surface area contributed by atoms with Gasteiger partial charge in [0.2, 0.25) is 0 Å². The Balaban J connectivity index is 1.29. The molecule has 5 aromatic carbocycles. The van der Waals surface area contributed by atoms with Gasteiger partial charge in [-0.15, -0.1) is 0 Å². The molecule has 0 amide bonds. The molecular weight excluding hydrogens is 445 g/mol. The van der Waals surface area contributed by atoms with E-state index < -0.39 is 7.32 Å². The van der Waals surface area contributed by atoms with Crippen LogP contribution in [0, 0.1) is 0 Å². The second-order valence-corrected chi connectivity index (χ2v) is 8.88. The fourth-order valence-electron chi connectivity index (χ4n) is 5.10. The number of fused-ring (bicyclic) bond motifs is 6. The van der Waals surface area contributed by atoms with Crippen molar-refractivity contribution < 1.29 is 14.0 Å². The van der Waals surface area contributed by atoms with Crippen LogP contribution in [0.25, 0.3) is 32.9 Å². The predicted octanol–water partition coefficient (Wildman–Crippen LogP) is 7.55. The first-order chi connectivity index (χ1) is 17.8. The molecule has 0 atom stereocenters. The molecule has 5 heteroatoms. The van der Waals surface area contributed by atoms with Gasteiger partial charge in [0.25, 0.3) is 0 Å². The van der Waals surface area contributed by atoms with E-state index >= 15 is 0 Å². The number of H-pyrrole nitrogens is 1. The summed E-state index contributed by atoms with van der Waals surface area (Å²) in [5, 5.41) is 2.25. The summed E-state index contributed by atoms with van der Waals surface area (Å²) in [5.74, 6) is 1.34. The van der Waals surface area contributed by atoms with E-state index in [-0.39, 0.29) is 6.10 Å². The molecule has 0 bridgehead atoms. The van der Waals surface area contributed by atoms with Gasteiger partial charge in [0.1, 0.15) is 11.5 Å². The fourth-order valence-corrected chi connectivity index (χ4v) is 5.10. The molecule has 4 nitrogen and oxygen atoms in total. The molecule has 1 N–H and O–H groups in total. The summed E-state index contributed by atoms with van der Waals surface area (Å²) in [6, 6.07) is 40.6. The number of nitrogens with one attached hydrogen (secondary N) is 1. The maximum atomic E-state index is 6.64. The summed E-state index contributed by atoms with van der Waals surface area (Å²) in [6.45, 7) is 0. The van der Waals surface area contributed by atoms with Crippen molar-refractivity contribution in [3.05, 3.63) is 132 Å². The van der Waals surface area contributed by atoms with Crippen LogP contribution in [0.5, 0.6) is 11.5 Å². The lowest BCUT2D eigenvalue weighted by Gasteiger charge is -2.21. The van der Waals surface area contributed by atoms with Gasteiger partial charge in [-0.3, -0.25) is 0 Å². The zero-order chi connectivity index (χ0) is 23.9. The second-order valence-electron chi connectivity index (χ2n) is 8.88. The van der Waals surface area contributed by atoms with Crippen LogP contribution in [-0.4, -0.2) is 12.3 Å². The molecule has 0 unspecified atom stereocenters. The van der Waals surface area contributed by atoms with Gasteiger partial charge in [0.05, 0.1) is 11.6 Å². The molecule has 0 fully saturated rings. The molecule has 6 aromatic rings. The standard InChI is InChI=1S/C31H22BNO3/c1-2-11-21(12-3-1)34-32(35-29-20-10-18-25-24-15-8-9-19-28(24)33-30(25)29)36-31-26-16-6-4-13-22(26)23-14-5-7-17-27(23)31/h1-20,31,33H. The SMILES string of the molecule is c1ccc(OB(Oc2cccc3c2[nH]c2ccccc23)OC2c3ccccc3-c3ccccc32)cc1. The van der Waals surface area contributed by atoms with Gasteiger partial charge < -0.3 is 18.9 Å². The van der Waals surface area contributed by atoms with E-state index in [1.165, 1.54) is 11.1 Å². The molecule has 0 radical (unpaired) electrons. The molecule has 7 rings (SSSR count). The van der Waals surface area contributed by atoms with Crippen molar-refractivity contribution in [3.63, 3.8) is 0 Å². The van der Waals surface area contributed by atoms with Crippen molar-refractivity contribution in [3.8, 4) is 22.6 Å². The average Bonchev–Trinajstić information content (AvgIpc) is 3.46. The summed E-state index contributed by atoms with van der Waals surface area (Å²) >= 11 is 0. The van der Waals surface area contributed by atoms with E-state index in [1.807, 2.05) is 66.7 Å². The average molecular weight is 467 g/mol. The first-order valence-electron chi connectivity index (χ1n) is 12.1. The maximum absolute atomic E-state index is 6.64. The number of hydrogen-bond donors (Lipinski definition) is 1. The Morgan fingerprint density at radius 1 is 0.556 bits per heavy atom. The Bertz CT molecular complexity index is 1650. The van der Waals surface area contributed by atoms with Crippen LogP contribution in [-0.2, 0) is 4.65 Å².